The van der Waals surface area contributed by atoms with Crippen LogP contribution in [0.3, 0.4) is 0 Å². The van der Waals surface area contributed by atoms with Gasteiger partial charge in [-0.3, -0.25) is 0 Å². The molecule has 7 nitrogen and oxygen atoms in total. The molecule has 0 heterocycles. The molecule has 0 saturated carbocycles. The van der Waals surface area contributed by atoms with Gasteiger partial charge in [0.25, 0.3) is 0 Å². The van der Waals surface area contributed by atoms with Gasteiger partial charge in [-0.1, -0.05) is 0 Å². The van der Waals surface area contributed by atoms with Crippen LogP contribution in [0.15, 0.2) is 0 Å². The van der Waals surface area contributed by atoms with E-state index in [1.54, 1.807) is 0 Å². The van der Waals surface area contributed by atoms with Crippen molar-refractivity contribution in [3.63, 3.8) is 0 Å². The molecule has 0 fully saturated rings. The third-order valence-corrected chi connectivity index (χ3v) is 1.51. The summed E-state index contributed by atoms with van der Waals surface area (Å²) in [5, 5.41) is 51.8. The van der Waals surface area contributed by atoms with E-state index in [0.717, 1.165) is 0 Å². The Morgan fingerprint density at radius 1 is 1.07 bits per heavy atom. The van der Waals surface area contributed by atoms with Crippen LogP contribution in [0.4, 0.5) is 0 Å². The first-order chi connectivity index (χ1) is 5.91. The van der Waals surface area contributed by atoms with Crippen LogP contribution in [0.2, 0.25) is 0 Å². The molecule has 0 aromatic rings. The Labute approximate surface area is 112 Å². The molecule has 14 heavy (non-hydrogen) atoms. The SMILES string of the molecule is O=C(O)C(O)C(O)C(O)C(O)CO.[Sm]. The molecular formula is C6H12O7Sm. The topological polar surface area (TPSA) is 138 Å². The summed E-state index contributed by atoms with van der Waals surface area (Å²) in [6.45, 7) is -0.843. The molecule has 8 heteroatoms. The molecular weight excluding hydrogens is 334 g/mol. The molecule has 0 amide bonds. The molecule has 4 unspecified atom stereocenters. The van der Waals surface area contributed by atoms with E-state index in [1.807, 2.05) is 0 Å². The van der Waals surface area contributed by atoms with Crippen LogP contribution >= 0.6 is 0 Å². The molecule has 0 spiro atoms. The van der Waals surface area contributed by atoms with Crippen molar-refractivity contribution < 1.29 is 75.8 Å². The van der Waals surface area contributed by atoms with Crippen molar-refractivity contribution in [1.82, 2.24) is 0 Å². The van der Waals surface area contributed by atoms with Crippen molar-refractivity contribution in [2.24, 2.45) is 0 Å². The first-order valence-electron chi connectivity index (χ1n) is 3.47. The number of rotatable bonds is 5. The smallest absolute Gasteiger partial charge is 0.335 e. The van der Waals surface area contributed by atoms with E-state index in [-0.39, 0.29) is 40.4 Å². The Kier molecular flexibility index (Phi) is 9.53. The van der Waals surface area contributed by atoms with Gasteiger partial charge in [0, 0.05) is 40.4 Å². The van der Waals surface area contributed by atoms with Gasteiger partial charge in [-0.15, -0.1) is 0 Å². The number of carboxylic acids is 1. The Morgan fingerprint density at radius 2 is 1.50 bits per heavy atom. The fourth-order valence-electron chi connectivity index (χ4n) is 0.668. The van der Waals surface area contributed by atoms with Crippen LogP contribution in [0.5, 0.6) is 0 Å². The van der Waals surface area contributed by atoms with E-state index in [4.69, 9.17) is 30.6 Å². The average Bonchev–Trinajstić information content (AvgIpc) is 2.12. The molecule has 4 atom stereocenters. The Hall–Kier alpha value is 0.608. The fourth-order valence-corrected chi connectivity index (χ4v) is 0.668. The van der Waals surface area contributed by atoms with Gasteiger partial charge in [-0.05, 0) is 0 Å². The van der Waals surface area contributed by atoms with Crippen molar-refractivity contribution in [3.05, 3.63) is 0 Å². The maximum Gasteiger partial charge on any atom is 0.335 e. The van der Waals surface area contributed by atoms with Crippen LogP contribution in [0, 0.1) is 40.4 Å². The van der Waals surface area contributed by atoms with E-state index in [0.29, 0.717) is 0 Å². The summed E-state index contributed by atoms with van der Waals surface area (Å²) in [6.07, 6.45) is -7.84. The van der Waals surface area contributed by atoms with Crippen molar-refractivity contribution in [1.29, 1.82) is 0 Å². The summed E-state index contributed by atoms with van der Waals surface area (Å²) >= 11 is 0. The minimum absolute atomic E-state index is 0. The van der Waals surface area contributed by atoms with Gasteiger partial charge < -0.3 is 30.6 Å². The van der Waals surface area contributed by atoms with Crippen molar-refractivity contribution in [2.45, 2.75) is 24.4 Å². The minimum atomic E-state index is -2.20. The predicted molar refractivity (Wildman–Crippen MR) is 38.7 cm³/mol. The second kappa shape index (κ2) is 7.84. The summed E-state index contributed by atoms with van der Waals surface area (Å²) in [5.74, 6) is -1.73. The zero-order valence-electron chi connectivity index (χ0n) is 7.02. The van der Waals surface area contributed by atoms with Gasteiger partial charge in [-0.25, -0.2) is 4.79 Å². The summed E-state index contributed by atoms with van der Waals surface area (Å²) in [5.41, 5.74) is 0. The zero-order valence-corrected chi connectivity index (χ0v) is 9.64. The monoisotopic (exact) mass is 348 g/mol. The molecule has 84 valence electrons. The van der Waals surface area contributed by atoms with Crippen molar-refractivity contribution in [2.75, 3.05) is 6.61 Å². The van der Waals surface area contributed by atoms with Gasteiger partial charge in [0.1, 0.15) is 18.3 Å². The molecule has 0 rings (SSSR count). The maximum absolute atomic E-state index is 10.1. The first-order valence-corrected chi connectivity index (χ1v) is 3.47. The summed E-state index contributed by atoms with van der Waals surface area (Å²) in [4.78, 5) is 10.1. The number of aliphatic carboxylic acids is 1. The molecule has 0 aromatic carbocycles. The number of aliphatic hydroxyl groups excluding tert-OH is 5. The molecule has 0 aliphatic rings. The molecule has 0 aromatic heterocycles. The number of aliphatic hydroxyl groups is 5. The molecule has 6 N–H and O–H groups in total. The van der Waals surface area contributed by atoms with Gasteiger partial charge in [0.15, 0.2) is 6.10 Å². The molecule has 0 aliphatic heterocycles. The number of carbonyl (C=O) groups is 1. The largest absolute Gasteiger partial charge is 0.479 e. The summed E-state index contributed by atoms with van der Waals surface area (Å²) in [6, 6.07) is 0. The van der Waals surface area contributed by atoms with E-state index < -0.39 is 37.0 Å². The normalized spacial score (nSPS) is 18.9. The molecule has 0 radical (unpaired) electrons. The second-order valence-electron chi connectivity index (χ2n) is 2.51. The second-order valence-corrected chi connectivity index (χ2v) is 2.51. The minimum Gasteiger partial charge on any atom is -0.479 e. The Bertz CT molecular complexity index is 176. The first kappa shape index (κ1) is 17.0. The van der Waals surface area contributed by atoms with Gasteiger partial charge in [0.2, 0.25) is 0 Å². The van der Waals surface area contributed by atoms with Crippen LogP contribution in [0.25, 0.3) is 0 Å². The third-order valence-electron chi connectivity index (χ3n) is 1.51. The molecule has 0 aliphatic carbocycles. The fraction of sp³-hybridized carbons (Fsp3) is 0.833. The Balaban J connectivity index is 0. The van der Waals surface area contributed by atoms with Crippen LogP contribution in [-0.2, 0) is 4.79 Å². The van der Waals surface area contributed by atoms with Gasteiger partial charge in [0.05, 0.1) is 6.61 Å². The van der Waals surface area contributed by atoms with Crippen molar-refractivity contribution in [3.8, 4) is 0 Å². The quantitative estimate of drug-likeness (QED) is 0.304. The van der Waals surface area contributed by atoms with Crippen LogP contribution in [0.1, 0.15) is 0 Å². The summed E-state index contributed by atoms with van der Waals surface area (Å²) < 4.78 is 0. The number of hydrogen-bond donors (Lipinski definition) is 6. The maximum atomic E-state index is 10.1. The van der Waals surface area contributed by atoms with Gasteiger partial charge in [-0.2, -0.15) is 0 Å². The number of hydrogen-bond acceptors (Lipinski definition) is 6. The number of carboxylic acid groups (broad SMARTS) is 1. The van der Waals surface area contributed by atoms with Crippen LogP contribution in [-0.4, -0.2) is 67.6 Å². The zero-order chi connectivity index (χ0) is 10.6. The molecule has 0 saturated heterocycles. The van der Waals surface area contributed by atoms with E-state index >= 15 is 0 Å². The summed E-state index contributed by atoms with van der Waals surface area (Å²) in [7, 11) is 0. The standard InChI is InChI=1S/C6H12O7.Sm/c7-1-2(8)3(9)4(10)5(11)6(12)13;/h2-5,7-11H,1H2,(H,12,13);. The van der Waals surface area contributed by atoms with E-state index in [9.17, 15) is 4.79 Å². The van der Waals surface area contributed by atoms with E-state index in [1.165, 1.54) is 0 Å². The van der Waals surface area contributed by atoms with Gasteiger partial charge >= 0.3 is 5.97 Å². The molecule has 0 bridgehead atoms. The Morgan fingerprint density at radius 3 is 1.79 bits per heavy atom. The van der Waals surface area contributed by atoms with E-state index in [2.05, 4.69) is 0 Å². The average molecular weight is 347 g/mol. The van der Waals surface area contributed by atoms with Crippen LogP contribution < -0.4 is 0 Å². The van der Waals surface area contributed by atoms with Crippen molar-refractivity contribution >= 4 is 5.97 Å². The predicted octanol–water partition coefficient (Wildman–Crippen LogP) is -3.49. The third kappa shape index (κ3) is 4.91.